The highest BCUT2D eigenvalue weighted by Gasteiger charge is 2.61. The molecule has 3 rings (SSSR count). The first-order valence-corrected chi connectivity index (χ1v) is 7.98. The van der Waals surface area contributed by atoms with Gasteiger partial charge in [-0.2, -0.15) is 5.10 Å². The number of hydrogen-bond acceptors (Lipinski definition) is 6. The minimum Gasteiger partial charge on any atom is -0.461 e. The molecule has 3 amide bonds. The van der Waals surface area contributed by atoms with E-state index in [9.17, 15) is 23.6 Å². The van der Waals surface area contributed by atoms with Crippen LogP contribution in [0.25, 0.3) is 0 Å². The van der Waals surface area contributed by atoms with Crippen molar-refractivity contribution in [2.75, 3.05) is 11.5 Å². The predicted molar refractivity (Wildman–Crippen MR) is 87.4 cm³/mol. The number of anilines is 1. The van der Waals surface area contributed by atoms with Crippen LogP contribution in [-0.2, 0) is 23.9 Å². The molecular formula is C17H16FN3O5. The van der Waals surface area contributed by atoms with Gasteiger partial charge in [-0.25, -0.2) is 19.1 Å². The largest absolute Gasteiger partial charge is 0.461 e. The Balaban J connectivity index is 1.98. The van der Waals surface area contributed by atoms with E-state index >= 15 is 0 Å². The van der Waals surface area contributed by atoms with Gasteiger partial charge in [0.05, 0.1) is 18.7 Å². The Bertz CT molecular complexity index is 835. The summed E-state index contributed by atoms with van der Waals surface area (Å²) in [6, 6.07) is 4.84. The Kier molecular flexibility index (Phi) is 4.31. The molecule has 1 saturated heterocycles. The smallest absolute Gasteiger partial charge is 0.354 e. The summed E-state index contributed by atoms with van der Waals surface area (Å²) in [6.45, 7) is 2.92. The van der Waals surface area contributed by atoms with Crippen LogP contribution in [-0.4, -0.2) is 46.6 Å². The van der Waals surface area contributed by atoms with E-state index in [4.69, 9.17) is 4.74 Å². The zero-order valence-corrected chi connectivity index (χ0v) is 14.2. The molecule has 0 radical (unpaired) electrons. The Labute approximate surface area is 148 Å². The summed E-state index contributed by atoms with van der Waals surface area (Å²) in [5.74, 6) is -3.08. The highest BCUT2D eigenvalue weighted by atomic mass is 19.1. The molecule has 0 aliphatic carbocycles. The van der Waals surface area contributed by atoms with Crippen molar-refractivity contribution >= 4 is 35.1 Å². The van der Waals surface area contributed by atoms with E-state index in [1.807, 2.05) is 0 Å². The van der Waals surface area contributed by atoms with Gasteiger partial charge in [0.25, 0.3) is 5.91 Å². The van der Waals surface area contributed by atoms with Crippen LogP contribution in [0.3, 0.4) is 0 Å². The Hall–Kier alpha value is -3.10. The van der Waals surface area contributed by atoms with Gasteiger partial charge >= 0.3 is 5.97 Å². The summed E-state index contributed by atoms with van der Waals surface area (Å²) in [7, 11) is 0. The van der Waals surface area contributed by atoms with Crippen molar-refractivity contribution < 1.29 is 28.3 Å². The Morgan fingerprint density at radius 1 is 1.23 bits per heavy atom. The molecule has 0 unspecified atom stereocenters. The summed E-state index contributed by atoms with van der Waals surface area (Å²) < 4.78 is 18.0. The molecule has 8 nitrogen and oxygen atoms in total. The van der Waals surface area contributed by atoms with E-state index in [2.05, 4.69) is 5.10 Å². The van der Waals surface area contributed by atoms with Crippen LogP contribution in [0.4, 0.5) is 10.1 Å². The first kappa shape index (κ1) is 17.7. The van der Waals surface area contributed by atoms with Gasteiger partial charge in [0.15, 0.2) is 5.54 Å². The molecule has 2 aliphatic heterocycles. The van der Waals surface area contributed by atoms with Crippen molar-refractivity contribution in [2.45, 2.75) is 32.2 Å². The molecule has 1 aromatic carbocycles. The van der Waals surface area contributed by atoms with E-state index in [0.29, 0.717) is 0 Å². The number of hydrazone groups is 1. The van der Waals surface area contributed by atoms with Crippen LogP contribution >= 0.6 is 0 Å². The van der Waals surface area contributed by atoms with E-state index in [1.54, 1.807) is 6.92 Å². The molecule has 0 aromatic heterocycles. The number of nitrogens with zero attached hydrogens (tertiary/aromatic N) is 3. The standard InChI is InChI=1S/C17H16FN3O5/c1-3-26-15(24)13-8-17(21(19-13)10(2)22)9-14(23)20(16(17)25)12-6-4-11(18)5-7-12/h4-7H,3,8-9H2,1-2H3/t17-/m0/s1. The van der Waals surface area contributed by atoms with Gasteiger partial charge in [0, 0.05) is 13.3 Å². The molecular weight excluding hydrogens is 345 g/mol. The van der Waals surface area contributed by atoms with Crippen molar-refractivity contribution in [1.29, 1.82) is 0 Å². The second-order valence-electron chi connectivity index (χ2n) is 5.99. The number of carbonyl (C=O) groups is 4. The lowest BCUT2D eigenvalue weighted by Crippen LogP contribution is -2.51. The molecule has 1 spiro atoms. The first-order chi connectivity index (χ1) is 12.3. The number of ether oxygens (including phenoxy) is 1. The average Bonchev–Trinajstić information content (AvgIpc) is 3.08. The van der Waals surface area contributed by atoms with Crippen LogP contribution in [0.15, 0.2) is 29.4 Å². The number of halogens is 1. The van der Waals surface area contributed by atoms with Gasteiger partial charge < -0.3 is 4.74 Å². The van der Waals surface area contributed by atoms with Gasteiger partial charge in [0.2, 0.25) is 11.8 Å². The molecule has 1 fully saturated rings. The first-order valence-electron chi connectivity index (χ1n) is 7.98. The zero-order chi connectivity index (χ0) is 19.1. The maximum Gasteiger partial charge on any atom is 0.354 e. The zero-order valence-electron chi connectivity index (χ0n) is 14.2. The van der Waals surface area contributed by atoms with Crippen LogP contribution in [0.5, 0.6) is 0 Å². The summed E-state index contributed by atoms with van der Waals surface area (Å²) in [4.78, 5) is 50.5. The van der Waals surface area contributed by atoms with Crippen molar-refractivity contribution in [1.82, 2.24) is 5.01 Å². The van der Waals surface area contributed by atoms with Gasteiger partial charge in [-0.15, -0.1) is 0 Å². The van der Waals surface area contributed by atoms with E-state index < -0.39 is 35.0 Å². The monoisotopic (exact) mass is 361 g/mol. The molecule has 2 aliphatic rings. The second-order valence-corrected chi connectivity index (χ2v) is 5.99. The molecule has 0 saturated carbocycles. The Morgan fingerprint density at radius 2 is 1.88 bits per heavy atom. The lowest BCUT2D eigenvalue weighted by atomic mass is 9.91. The van der Waals surface area contributed by atoms with E-state index in [1.165, 1.54) is 19.1 Å². The number of amides is 3. The minimum absolute atomic E-state index is 0.0934. The summed E-state index contributed by atoms with van der Waals surface area (Å²) >= 11 is 0. The molecule has 26 heavy (non-hydrogen) atoms. The SMILES string of the molecule is CCOC(=O)C1=NN(C(C)=O)[C@]2(CC(=O)N(c3ccc(F)cc3)C2=O)C1. The quantitative estimate of drug-likeness (QED) is 0.591. The number of imide groups is 1. The van der Waals surface area contributed by atoms with Crippen LogP contribution in [0.2, 0.25) is 0 Å². The lowest BCUT2D eigenvalue weighted by Gasteiger charge is -2.28. The maximum absolute atomic E-state index is 13.1. The van der Waals surface area contributed by atoms with Gasteiger partial charge in [-0.1, -0.05) is 0 Å². The fraction of sp³-hybridized carbons (Fsp3) is 0.353. The van der Waals surface area contributed by atoms with Crippen molar-refractivity contribution in [3.8, 4) is 0 Å². The highest BCUT2D eigenvalue weighted by Crippen LogP contribution is 2.40. The summed E-state index contributed by atoms with van der Waals surface area (Å²) in [5.41, 5.74) is -1.50. The Morgan fingerprint density at radius 3 is 2.46 bits per heavy atom. The number of benzene rings is 1. The molecule has 136 valence electrons. The minimum atomic E-state index is -1.60. The number of carbonyl (C=O) groups excluding carboxylic acids is 4. The average molecular weight is 361 g/mol. The molecule has 2 heterocycles. The highest BCUT2D eigenvalue weighted by molar-refractivity contribution is 6.39. The number of esters is 1. The normalized spacial score (nSPS) is 22.2. The number of hydrogen-bond donors (Lipinski definition) is 0. The summed E-state index contributed by atoms with van der Waals surface area (Å²) in [6.07, 6.45) is -0.539. The van der Waals surface area contributed by atoms with Crippen molar-refractivity contribution in [3.63, 3.8) is 0 Å². The third kappa shape index (κ3) is 2.65. The fourth-order valence-electron chi connectivity index (χ4n) is 3.18. The second kappa shape index (κ2) is 6.32. The van der Waals surface area contributed by atoms with Crippen molar-refractivity contribution in [2.24, 2.45) is 5.10 Å². The lowest BCUT2D eigenvalue weighted by molar-refractivity contribution is -0.141. The van der Waals surface area contributed by atoms with Crippen LogP contribution < -0.4 is 4.90 Å². The topological polar surface area (TPSA) is 96.3 Å². The van der Waals surface area contributed by atoms with Crippen molar-refractivity contribution in [3.05, 3.63) is 30.1 Å². The van der Waals surface area contributed by atoms with Gasteiger partial charge in [0.1, 0.15) is 11.5 Å². The van der Waals surface area contributed by atoms with E-state index in [-0.39, 0.29) is 30.8 Å². The fourth-order valence-corrected chi connectivity index (χ4v) is 3.18. The van der Waals surface area contributed by atoms with Gasteiger partial charge in [-0.3, -0.25) is 14.4 Å². The summed E-state index contributed by atoms with van der Waals surface area (Å²) in [5, 5.41) is 4.81. The van der Waals surface area contributed by atoms with Crippen LogP contribution in [0, 0.1) is 5.82 Å². The van der Waals surface area contributed by atoms with Crippen LogP contribution in [0.1, 0.15) is 26.7 Å². The van der Waals surface area contributed by atoms with E-state index in [0.717, 1.165) is 22.0 Å². The predicted octanol–water partition coefficient (Wildman–Crippen LogP) is 0.999. The molecule has 0 N–H and O–H groups in total. The third-order valence-electron chi connectivity index (χ3n) is 4.27. The third-order valence-corrected chi connectivity index (χ3v) is 4.27. The molecule has 0 bridgehead atoms. The molecule has 1 aromatic rings. The maximum atomic E-state index is 13.1. The number of rotatable bonds is 3. The van der Waals surface area contributed by atoms with Gasteiger partial charge in [-0.05, 0) is 31.2 Å². The molecule has 9 heteroatoms. The molecule has 1 atom stereocenters.